The van der Waals surface area contributed by atoms with E-state index < -0.39 is 5.97 Å². The van der Waals surface area contributed by atoms with Crippen molar-refractivity contribution in [2.75, 3.05) is 13.1 Å². The molecule has 0 aliphatic carbocycles. The molecule has 2 amide bonds. The fraction of sp³-hybridized carbons (Fsp3) is 0.471. The summed E-state index contributed by atoms with van der Waals surface area (Å²) < 4.78 is 0. The molecule has 0 atom stereocenters. The van der Waals surface area contributed by atoms with Gasteiger partial charge in [-0.05, 0) is 25.3 Å². The highest BCUT2D eigenvalue weighted by Crippen LogP contribution is 2.07. The van der Waals surface area contributed by atoms with Crippen molar-refractivity contribution in [2.24, 2.45) is 0 Å². The van der Waals surface area contributed by atoms with Crippen LogP contribution < -0.4 is 10.6 Å². The fourth-order valence-corrected chi connectivity index (χ4v) is 2.01. The zero-order valence-corrected chi connectivity index (χ0v) is 13.4. The van der Waals surface area contributed by atoms with Gasteiger partial charge < -0.3 is 15.7 Å². The molecule has 0 aromatic heterocycles. The van der Waals surface area contributed by atoms with E-state index in [1.807, 2.05) is 6.92 Å². The van der Waals surface area contributed by atoms with E-state index in [4.69, 9.17) is 5.11 Å². The zero-order chi connectivity index (χ0) is 17.1. The SMILES string of the molecule is Cc1ccc(CCCC(=O)NCCNC(=O)CCC(=O)O)cc1. The summed E-state index contributed by atoms with van der Waals surface area (Å²) in [5.41, 5.74) is 2.44. The topological polar surface area (TPSA) is 95.5 Å². The highest BCUT2D eigenvalue weighted by Gasteiger charge is 2.05. The Morgan fingerprint density at radius 3 is 2.04 bits per heavy atom. The predicted octanol–water partition coefficient (Wildman–Crippen LogP) is 1.41. The highest BCUT2D eigenvalue weighted by atomic mass is 16.4. The standard InChI is InChI=1S/C17H24N2O4/c1-13-5-7-14(8-6-13)3-2-4-15(20)18-11-12-19-16(21)9-10-17(22)23/h5-8H,2-4,9-12H2,1H3,(H,18,20)(H,19,21)(H,22,23). The van der Waals surface area contributed by atoms with E-state index in [1.54, 1.807) is 0 Å². The zero-order valence-electron chi connectivity index (χ0n) is 13.4. The second-order valence-corrected chi connectivity index (χ2v) is 5.43. The van der Waals surface area contributed by atoms with Crippen LogP contribution in [0.5, 0.6) is 0 Å². The first-order chi connectivity index (χ1) is 11.0. The molecule has 0 aliphatic heterocycles. The highest BCUT2D eigenvalue weighted by molar-refractivity contribution is 5.80. The molecular weight excluding hydrogens is 296 g/mol. The summed E-state index contributed by atoms with van der Waals surface area (Å²) in [7, 11) is 0. The molecule has 0 heterocycles. The summed E-state index contributed by atoms with van der Waals surface area (Å²) in [6.45, 7) is 2.70. The largest absolute Gasteiger partial charge is 0.481 e. The number of hydrogen-bond acceptors (Lipinski definition) is 3. The van der Waals surface area contributed by atoms with E-state index in [-0.39, 0.29) is 24.7 Å². The van der Waals surface area contributed by atoms with Crippen molar-refractivity contribution in [3.05, 3.63) is 35.4 Å². The van der Waals surface area contributed by atoms with Crippen LogP contribution in [0.25, 0.3) is 0 Å². The van der Waals surface area contributed by atoms with Gasteiger partial charge in [0, 0.05) is 25.9 Å². The van der Waals surface area contributed by atoms with Gasteiger partial charge in [0.15, 0.2) is 0 Å². The number of benzene rings is 1. The minimum Gasteiger partial charge on any atom is -0.481 e. The minimum absolute atomic E-state index is 0.0418. The van der Waals surface area contributed by atoms with Crippen LogP contribution in [-0.4, -0.2) is 36.0 Å². The lowest BCUT2D eigenvalue weighted by molar-refractivity contribution is -0.138. The molecule has 0 saturated carbocycles. The third-order valence-corrected chi connectivity index (χ3v) is 3.33. The Labute approximate surface area is 136 Å². The van der Waals surface area contributed by atoms with Gasteiger partial charge in [-0.15, -0.1) is 0 Å². The number of nitrogens with one attached hydrogen (secondary N) is 2. The molecule has 1 aromatic carbocycles. The van der Waals surface area contributed by atoms with Gasteiger partial charge in [0.05, 0.1) is 6.42 Å². The van der Waals surface area contributed by atoms with Gasteiger partial charge in [-0.25, -0.2) is 0 Å². The van der Waals surface area contributed by atoms with Crippen molar-refractivity contribution in [1.82, 2.24) is 10.6 Å². The Morgan fingerprint density at radius 2 is 1.48 bits per heavy atom. The molecule has 126 valence electrons. The summed E-state index contributed by atoms with van der Waals surface area (Å²) in [5, 5.41) is 13.7. The van der Waals surface area contributed by atoms with Crippen LogP contribution in [-0.2, 0) is 20.8 Å². The number of carboxylic acids is 1. The summed E-state index contributed by atoms with van der Waals surface area (Å²) in [5.74, 6) is -1.36. The van der Waals surface area contributed by atoms with Crippen molar-refractivity contribution < 1.29 is 19.5 Å². The average Bonchev–Trinajstić information content (AvgIpc) is 2.51. The second kappa shape index (κ2) is 10.4. The second-order valence-electron chi connectivity index (χ2n) is 5.43. The first kappa shape index (κ1) is 18.7. The molecule has 0 bridgehead atoms. The number of rotatable bonds is 10. The predicted molar refractivity (Wildman–Crippen MR) is 87.0 cm³/mol. The Morgan fingerprint density at radius 1 is 0.913 bits per heavy atom. The van der Waals surface area contributed by atoms with Crippen LogP contribution in [0.3, 0.4) is 0 Å². The molecule has 1 rings (SSSR count). The summed E-state index contributed by atoms with van der Waals surface area (Å²) in [4.78, 5) is 33.2. The molecule has 0 fully saturated rings. The quantitative estimate of drug-likeness (QED) is 0.568. The van der Waals surface area contributed by atoms with E-state index in [0.29, 0.717) is 19.5 Å². The molecule has 6 nitrogen and oxygen atoms in total. The number of carbonyl (C=O) groups excluding carboxylic acids is 2. The van der Waals surface area contributed by atoms with Crippen LogP contribution in [0, 0.1) is 6.92 Å². The summed E-state index contributed by atoms with van der Waals surface area (Å²) in [6, 6.07) is 8.25. The van der Waals surface area contributed by atoms with E-state index in [1.165, 1.54) is 11.1 Å². The first-order valence-electron chi connectivity index (χ1n) is 7.78. The lowest BCUT2D eigenvalue weighted by Crippen LogP contribution is -2.34. The van der Waals surface area contributed by atoms with Crippen LogP contribution in [0.2, 0.25) is 0 Å². The molecule has 0 spiro atoms. The molecule has 6 heteroatoms. The van der Waals surface area contributed by atoms with Gasteiger partial charge in [-0.3, -0.25) is 14.4 Å². The maximum Gasteiger partial charge on any atom is 0.303 e. The van der Waals surface area contributed by atoms with Gasteiger partial charge in [-0.2, -0.15) is 0 Å². The number of aliphatic carboxylic acids is 1. The minimum atomic E-state index is -0.998. The van der Waals surface area contributed by atoms with Gasteiger partial charge >= 0.3 is 5.97 Å². The number of carbonyl (C=O) groups is 3. The van der Waals surface area contributed by atoms with E-state index in [0.717, 1.165) is 12.8 Å². The normalized spacial score (nSPS) is 10.1. The Bertz CT molecular complexity index is 526. The van der Waals surface area contributed by atoms with Crippen molar-refractivity contribution in [3.63, 3.8) is 0 Å². The lowest BCUT2D eigenvalue weighted by atomic mass is 10.1. The lowest BCUT2D eigenvalue weighted by Gasteiger charge is -2.07. The smallest absolute Gasteiger partial charge is 0.303 e. The maximum atomic E-state index is 11.6. The molecule has 0 aliphatic rings. The van der Waals surface area contributed by atoms with Gasteiger partial charge in [0.2, 0.25) is 11.8 Å². The Kier molecular flexibility index (Phi) is 8.42. The van der Waals surface area contributed by atoms with E-state index >= 15 is 0 Å². The van der Waals surface area contributed by atoms with Gasteiger partial charge in [-0.1, -0.05) is 29.8 Å². The Hall–Kier alpha value is -2.37. The van der Waals surface area contributed by atoms with Crippen LogP contribution in [0.4, 0.5) is 0 Å². The molecule has 0 saturated heterocycles. The van der Waals surface area contributed by atoms with Crippen molar-refractivity contribution in [2.45, 2.75) is 39.0 Å². The van der Waals surface area contributed by atoms with Crippen molar-refractivity contribution >= 4 is 17.8 Å². The first-order valence-corrected chi connectivity index (χ1v) is 7.78. The molecular formula is C17H24N2O4. The molecule has 23 heavy (non-hydrogen) atoms. The van der Waals surface area contributed by atoms with Crippen LogP contribution in [0.1, 0.15) is 36.8 Å². The summed E-state index contributed by atoms with van der Waals surface area (Å²) >= 11 is 0. The molecule has 3 N–H and O–H groups in total. The fourth-order valence-electron chi connectivity index (χ4n) is 2.01. The average molecular weight is 320 g/mol. The molecule has 0 radical (unpaired) electrons. The summed E-state index contributed by atoms with van der Waals surface area (Å²) in [6.07, 6.45) is 1.86. The number of aryl methyl sites for hydroxylation is 2. The van der Waals surface area contributed by atoms with Gasteiger partial charge in [0.25, 0.3) is 0 Å². The molecule has 0 unspecified atom stereocenters. The third-order valence-electron chi connectivity index (χ3n) is 3.33. The maximum absolute atomic E-state index is 11.6. The number of carboxylic acid groups (broad SMARTS) is 1. The monoisotopic (exact) mass is 320 g/mol. The van der Waals surface area contributed by atoms with Gasteiger partial charge in [0.1, 0.15) is 0 Å². The van der Waals surface area contributed by atoms with Crippen molar-refractivity contribution in [3.8, 4) is 0 Å². The van der Waals surface area contributed by atoms with Crippen LogP contribution in [0.15, 0.2) is 24.3 Å². The van der Waals surface area contributed by atoms with Crippen molar-refractivity contribution in [1.29, 1.82) is 0 Å². The molecule has 1 aromatic rings. The van der Waals surface area contributed by atoms with Crippen LogP contribution >= 0.6 is 0 Å². The van der Waals surface area contributed by atoms with E-state index in [9.17, 15) is 14.4 Å². The Balaban J connectivity index is 2.05. The number of amides is 2. The number of hydrogen-bond donors (Lipinski definition) is 3. The van der Waals surface area contributed by atoms with E-state index in [2.05, 4.69) is 34.9 Å². The third kappa shape index (κ3) is 9.29.